The smallest absolute Gasteiger partial charge is 0.251 e. The highest BCUT2D eigenvalue weighted by atomic mass is 16.5. The molecule has 0 fully saturated rings. The number of amides is 1. The summed E-state index contributed by atoms with van der Waals surface area (Å²) in [5, 5.41) is 2.86. The van der Waals surface area contributed by atoms with Gasteiger partial charge in [-0.25, -0.2) is 0 Å². The number of carbonyl (C=O) groups is 1. The number of nitrogen functional groups attached to an aromatic ring is 1. The van der Waals surface area contributed by atoms with Gasteiger partial charge in [-0.1, -0.05) is 13.0 Å². The summed E-state index contributed by atoms with van der Waals surface area (Å²) in [6, 6.07) is 8.87. The third-order valence-corrected chi connectivity index (χ3v) is 3.28. The Morgan fingerprint density at radius 1 is 1.38 bits per heavy atom. The molecule has 0 aliphatic heterocycles. The molecular formula is C16H19N3O2. The molecule has 21 heavy (non-hydrogen) atoms. The lowest BCUT2D eigenvalue weighted by Crippen LogP contribution is -2.24. The number of hydrogen-bond donors (Lipinski definition) is 2. The predicted molar refractivity (Wildman–Crippen MR) is 82.2 cm³/mol. The van der Waals surface area contributed by atoms with Crippen molar-refractivity contribution in [2.75, 3.05) is 12.8 Å². The molecule has 0 radical (unpaired) electrons. The second kappa shape index (κ2) is 6.74. The number of aromatic nitrogens is 1. The fraction of sp³-hybridized carbons (Fsp3) is 0.250. The van der Waals surface area contributed by atoms with Crippen molar-refractivity contribution in [1.29, 1.82) is 0 Å². The first kappa shape index (κ1) is 14.8. The van der Waals surface area contributed by atoms with Gasteiger partial charge in [0.1, 0.15) is 5.75 Å². The second-order valence-corrected chi connectivity index (χ2v) is 4.60. The molecule has 0 aliphatic carbocycles. The molecule has 5 heteroatoms. The van der Waals surface area contributed by atoms with Crippen LogP contribution in [0.25, 0.3) is 0 Å². The third-order valence-electron chi connectivity index (χ3n) is 3.28. The zero-order chi connectivity index (χ0) is 15.2. The van der Waals surface area contributed by atoms with Gasteiger partial charge in [-0.3, -0.25) is 9.78 Å². The molecule has 0 saturated heterocycles. The number of nitrogens with two attached hydrogens (primary N) is 1. The van der Waals surface area contributed by atoms with Gasteiger partial charge < -0.3 is 15.8 Å². The van der Waals surface area contributed by atoms with Crippen LogP contribution in [0.15, 0.2) is 36.5 Å². The van der Waals surface area contributed by atoms with Crippen LogP contribution in [0.4, 0.5) is 5.69 Å². The Hall–Kier alpha value is -2.56. The minimum absolute atomic E-state index is 0.180. The second-order valence-electron chi connectivity index (χ2n) is 4.60. The Morgan fingerprint density at radius 2 is 2.19 bits per heavy atom. The average molecular weight is 285 g/mol. The Balaban J connectivity index is 2.08. The molecule has 1 aromatic heterocycles. The number of hydrogen-bond acceptors (Lipinski definition) is 4. The molecule has 2 aromatic rings. The number of rotatable bonds is 5. The zero-order valence-electron chi connectivity index (χ0n) is 12.2. The summed E-state index contributed by atoms with van der Waals surface area (Å²) in [6.45, 7) is 2.46. The molecule has 1 heterocycles. The van der Waals surface area contributed by atoms with Crippen LogP contribution >= 0.6 is 0 Å². The van der Waals surface area contributed by atoms with Crippen LogP contribution in [-0.4, -0.2) is 18.0 Å². The van der Waals surface area contributed by atoms with Gasteiger partial charge >= 0.3 is 0 Å². The van der Waals surface area contributed by atoms with Crippen molar-refractivity contribution < 1.29 is 9.53 Å². The monoisotopic (exact) mass is 285 g/mol. The van der Waals surface area contributed by atoms with Crippen molar-refractivity contribution in [3.8, 4) is 5.75 Å². The lowest BCUT2D eigenvalue weighted by molar-refractivity contribution is 0.0950. The highest BCUT2D eigenvalue weighted by molar-refractivity contribution is 5.95. The number of aryl methyl sites for hydroxylation is 1. The third kappa shape index (κ3) is 3.51. The van der Waals surface area contributed by atoms with E-state index in [1.807, 2.05) is 12.1 Å². The van der Waals surface area contributed by atoms with Crippen LogP contribution < -0.4 is 15.8 Å². The summed E-state index contributed by atoms with van der Waals surface area (Å²) in [7, 11) is 1.52. The van der Waals surface area contributed by atoms with Crippen molar-refractivity contribution >= 4 is 11.6 Å². The van der Waals surface area contributed by atoms with E-state index in [0.717, 1.165) is 17.7 Å². The largest absolute Gasteiger partial charge is 0.495 e. The fourth-order valence-corrected chi connectivity index (χ4v) is 2.07. The molecule has 0 unspecified atom stereocenters. The summed E-state index contributed by atoms with van der Waals surface area (Å²) in [6.07, 6.45) is 2.61. The van der Waals surface area contributed by atoms with E-state index in [1.165, 1.54) is 7.11 Å². The zero-order valence-corrected chi connectivity index (χ0v) is 12.2. The molecule has 0 spiro atoms. The maximum atomic E-state index is 12.2. The Bertz CT molecular complexity index is 641. The number of benzene rings is 1. The van der Waals surface area contributed by atoms with E-state index in [4.69, 9.17) is 10.5 Å². The lowest BCUT2D eigenvalue weighted by atomic mass is 10.1. The highest BCUT2D eigenvalue weighted by Gasteiger charge is 2.10. The highest BCUT2D eigenvalue weighted by Crippen LogP contribution is 2.22. The molecule has 2 rings (SSSR count). The summed E-state index contributed by atoms with van der Waals surface area (Å²) in [4.78, 5) is 16.5. The summed E-state index contributed by atoms with van der Waals surface area (Å²) in [5.74, 6) is 0.315. The van der Waals surface area contributed by atoms with E-state index in [-0.39, 0.29) is 5.91 Å². The number of nitrogens with zero attached hydrogens (tertiary/aromatic N) is 1. The topological polar surface area (TPSA) is 77.2 Å². The van der Waals surface area contributed by atoms with Gasteiger partial charge in [0.15, 0.2) is 0 Å². The average Bonchev–Trinajstić information content (AvgIpc) is 2.53. The first-order valence-corrected chi connectivity index (χ1v) is 6.80. The fourth-order valence-electron chi connectivity index (χ4n) is 2.07. The van der Waals surface area contributed by atoms with E-state index >= 15 is 0 Å². The standard InChI is InChI=1S/C16H19N3O2/c1-3-11-5-4-8-18-14(11)10-19-16(20)12-6-7-13(17)15(9-12)21-2/h4-9H,3,10,17H2,1-2H3,(H,19,20). The summed E-state index contributed by atoms with van der Waals surface area (Å²) in [5.41, 5.74) is 8.77. The van der Waals surface area contributed by atoms with E-state index in [0.29, 0.717) is 23.5 Å². The molecule has 110 valence electrons. The van der Waals surface area contributed by atoms with E-state index in [1.54, 1.807) is 24.4 Å². The van der Waals surface area contributed by atoms with Crippen LogP contribution in [0.5, 0.6) is 5.75 Å². The lowest BCUT2D eigenvalue weighted by Gasteiger charge is -2.10. The number of nitrogens with one attached hydrogen (secondary N) is 1. The molecule has 1 amide bonds. The molecule has 0 aliphatic rings. The SMILES string of the molecule is CCc1cccnc1CNC(=O)c1ccc(N)c(OC)c1. The van der Waals surface area contributed by atoms with Crippen LogP contribution in [0, 0.1) is 0 Å². The minimum Gasteiger partial charge on any atom is -0.495 e. The van der Waals surface area contributed by atoms with Gasteiger partial charge in [-0.15, -0.1) is 0 Å². The molecule has 1 aromatic carbocycles. The van der Waals surface area contributed by atoms with Crippen molar-refractivity contribution in [2.45, 2.75) is 19.9 Å². The quantitative estimate of drug-likeness (QED) is 0.825. The van der Waals surface area contributed by atoms with Crippen LogP contribution in [0.1, 0.15) is 28.5 Å². The van der Waals surface area contributed by atoms with Crippen LogP contribution in [0.2, 0.25) is 0 Å². The summed E-state index contributed by atoms with van der Waals surface area (Å²) < 4.78 is 5.12. The van der Waals surface area contributed by atoms with Gasteiger partial charge in [-0.2, -0.15) is 0 Å². The van der Waals surface area contributed by atoms with Crippen molar-refractivity contribution in [3.05, 3.63) is 53.3 Å². The molecule has 0 atom stereocenters. The maximum absolute atomic E-state index is 12.2. The molecule has 0 bridgehead atoms. The Morgan fingerprint density at radius 3 is 2.90 bits per heavy atom. The minimum atomic E-state index is -0.180. The first-order chi connectivity index (χ1) is 10.2. The van der Waals surface area contributed by atoms with Gasteiger partial charge in [0.2, 0.25) is 0 Å². The van der Waals surface area contributed by atoms with Crippen molar-refractivity contribution in [2.24, 2.45) is 0 Å². The number of anilines is 1. The van der Waals surface area contributed by atoms with Crippen LogP contribution in [0.3, 0.4) is 0 Å². The molecular weight excluding hydrogens is 266 g/mol. The van der Waals surface area contributed by atoms with Crippen LogP contribution in [-0.2, 0) is 13.0 Å². The van der Waals surface area contributed by atoms with Gasteiger partial charge in [0.25, 0.3) is 5.91 Å². The predicted octanol–water partition coefficient (Wildman–Crippen LogP) is 2.16. The van der Waals surface area contributed by atoms with Crippen molar-refractivity contribution in [1.82, 2.24) is 10.3 Å². The molecule has 5 nitrogen and oxygen atoms in total. The summed E-state index contributed by atoms with van der Waals surface area (Å²) >= 11 is 0. The van der Waals surface area contributed by atoms with Gasteiger partial charge in [0.05, 0.1) is 25.0 Å². The van der Waals surface area contributed by atoms with Gasteiger partial charge in [0, 0.05) is 11.8 Å². The molecule has 3 N–H and O–H groups in total. The number of carbonyl (C=O) groups excluding carboxylic acids is 1. The van der Waals surface area contributed by atoms with Gasteiger partial charge in [-0.05, 0) is 36.2 Å². The van der Waals surface area contributed by atoms with Crippen molar-refractivity contribution in [3.63, 3.8) is 0 Å². The van der Waals surface area contributed by atoms with E-state index in [2.05, 4.69) is 17.2 Å². The molecule has 0 saturated carbocycles. The Kier molecular flexibility index (Phi) is 4.77. The maximum Gasteiger partial charge on any atom is 0.251 e. The number of methoxy groups -OCH3 is 1. The normalized spacial score (nSPS) is 10.2. The first-order valence-electron chi connectivity index (χ1n) is 6.80. The number of pyridine rings is 1. The number of ether oxygens (including phenoxy) is 1. The van der Waals surface area contributed by atoms with E-state index in [9.17, 15) is 4.79 Å². The Labute approximate surface area is 124 Å². The van der Waals surface area contributed by atoms with E-state index < -0.39 is 0 Å².